The summed E-state index contributed by atoms with van der Waals surface area (Å²) in [6, 6.07) is 16.6. The van der Waals surface area contributed by atoms with Gasteiger partial charge in [0.15, 0.2) is 6.10 Å². The van der Waals surface area contributed by atoms with Crippen LogP contribution in [0.4, 0.5) is 0 Å². The van der Waals surface area contributed by atoms with Crippen molar-refractivity contribution in [3.63, 3.8) is 0 Å². The molecule has 3 atom stereocenters. The van der Waals surface area contributed by atoms with Gasteiger partial charge in [-0.3, -0.25) is 9.59 Å². The lowest BCUT2D eigenvalue weighted by atomic mass is 9.97. The van der Waals surface area contributed by atoms with Crippen molar-refractivity contribution < 1.29 is 19.4 Å². The highest BCUT2D eigenvalue weighted by atomic mass is 16.5. The summed E-state index contributed by atoms with van der Waals surface area (Å²) in [6.07, 6.45) is -1.66. The molecule has 2 amide bonds. The summed E-state index contributed by atoms with van der Waals surface area (Å²) in [4.78, 5) is 26.5. The maximum absolute atomic E-state index is 12.8. The smallest absolute Gasteiger partial charge is 0.251 e. The number of morpholine rings is 1. The first kappa shape index (κ1) is 21.0. The van der Waals surface area contributed by atoms with E-state index in [0.717, 1.165) is 11.1 Å². The molecule has 2 aromatic rings. The molecule has 0 saturated carbocycles. The normalized spacial score (nSPS) is 20.6. The van der Waals surface area contributed by atoms with Crippen molar-refractivity contribution in [1.82, 2.24) is 10.2 Å². The molecule has 1 aliphatic heterocycles. The number of carbonyl (C=O) groups excluding carboxylic acids is 2. The minimum absolute atomic E-state index is 0.0683. The molecule has 6 nitrogen and oxygen atoms in total. The van der Waals surface area contributed by atoms with Gasteiger partial charge in [0.25, 0.3) is 5.91 Å². The van der Waals surface area contributed by atoms with Crippen LogP contribution >= 0.6 is 0 Å². The van der Waals surface area contributed by atoms with Crippen LogP contribution < -0.4 is 5.32 Å². The molecule has 3 unspecified atom stereocenters. The molecule has 0 aromatic heterocycles. The van der Waals surface area contributed by atoms with Crippen LogP contribution in [-0.2, 0) is 14.3 Å². The standard InChI is InChI=1S/C23H28N2O4/c1-15(2)16-9-11-17(12-10-16)19(26)13-24-23(28)22-21(18-7-5-4-6-8-18)25(3)20(27)14-29-22/h4-12,15,19,21-22,26H,13-14H2,1-3H3,(H,24,28). The second kappa shape index (κ2) is 9.20. The Bertz CT molecular complexity index is 836. The Morgan fingerprint density at radius 1 is 1.14 bits per heavy atom. The van der Waals surface area contributed by atoms with E-state index in [1.54, 1.807) is 11.9 Å². The highest BCUT2D eigenvalue weighted by Gasteiger charge is 2.40. The van der Waals surface area contributed by atoms with Gasteiger partial charge in [0.05, 0.1) is 12.1 Å². The number of hydrogen-bond acceptors (Lipinski definition) is 4. The van der Waals surface area contributed by atoms with Crippen LogP contribution in [0.25, 0.3) is 0 Å². The van der Waals surface area contributed by atoms with Crippen molar-refractivity contribution >= 4 is 11.8 Å². The minimum atomic E-state index is -0.837. The van der Waals surface area contributed by atoms with Crippen LogP contribution in [-0.4, -0.2) is 48.1 Å². The number of hydrogen-bond donors (Lipinski definition) is 2. The average molecular weight is 396 g/mol. The van der Waals surface area contributed by atoms with Crippen LogP contribution in [0, 0.1) is 0 Å². The van der Waals surface area contributed by atoms with Gasteiger partial charge in [-0.2, -0.15) is 0 Å². The van der Waals surface area contributed by atoms with E-state index in [9.17, 15) is 14.7 Å². The fraction of sp³-hybridized carbons (Fsp3) is 0.391. The molecule has 0 bridgehead atoms. The quantitative estimate of drug-likeness (QED) is 0.787. The number of likely N-dealkylation sites (N-methyl/N-ethyl adjacent to an activating group) is 1. The van der Waals surface area contributed by atoms with Gasteiger partial charge in [-0.15, -0.1) is 0 Å². The summed E-state index contributed by atoms with van der Waals surface area (Å²) in [6.45, 7) is 4.15. The molecular weight excluding hydrogens is 368 g/mol. The molecular formula is C23H28N2O4. The third kappa shape index (κ3) is 4.83. The monoisotopic (exact) mass is 396 g/mol. The minimum Gasteiger partial charge on any atom is -0.387 e. The first-order valence-electron chi connectivity index (χ1n) is 9.86. The number of rotatable bonds is 6. The second-order valence-corrected chi connectivity index (χ2v) is 7.67. The first-order valence-corrected chi connectivity index (χ1v) is 9.86. The van der Waals surface area contributed by atoms with Crippen LogP contribution in [0.15, 0.2) is 54.6 Å². The number of aliphatic hydroxyl groups excluding tert-OH is 1. The van der Waals surface area contributed by atoms with Crippen molar-refractivity contribution in [2.24, 2.45) is 0 Å². The molecule has 3 rings (SSSR count). The maximum atomic E-state index is 12.8. The number of aliphatic hydroxyl groups is 1. The lowest BCUT2D eigenvalue weighted by Gasteiger charge is -2.38. The van der Waals surface area contributed by atoms with Gasteiger partial charge in [-0.25, -0.2) is 0 Å². The molecule has 0 radical (unpaired) electrons. The van der Waals surface area contributed by atoms with Crippen LogP contribution in [0.3, 0.4) is 0 Å². The molecule has 1 saturated heterocycles. The molecule has 0 aliphatic carbocycles. The maximum Gasteiger partial charge on any atom is 0.251 e. The van der Waals surface area contributed by atoms with Gasteiger partial charge in [0, 0.05) is 13.6 Å². The molecule has 2 aromatic carbocycles. The highest BCUT2D eigenvalue weighted by Crippen LogP contribution is 2.29. The Labute approximate surface area is 171 Å². The van der Waals surface area contributed by atoms with Crippen molar-refractivity contribution in [3.05, 3.63) is 71.3 Å². The number of nitrogens with one attached hydrogen (secondary N) is 1. The van der Waals surface area contributed by atoms with Gasteiger partial charge in [0.2, 0.25) is 5.91 Å². The summed E-state index contributed by atoms with van der Waals surface area (Å²) in [5, 5.41) is 13.2. The fourth-order valence-corrected chi connectivity index (χ4v) is 3.50. The van der Waals surface area contributed by atoms with E-state index in [1.165, 1.54) is 5.56 Å². The second-order valence-electron chi connectivity index (χ2n) is 7.67. The summed E-state index contributed by atoms with van der Waals surface area (Å²) in [5.74, 6) is -0.108. The van der Waals surface area contributed by atoms with E-state index in [0.29, 0.717) is 5.92 Å². The zero-order chi connectivity index (χ0) is 21.0. The van der Waals surface area contributed by atoms with Gasteiger partial charge in [-0.05, 0) is 22.6 Å². The summed E-state index contributed by atoms with van der Waals surface area (Å²) in [7, 11) is 1.67. The zero-order valence-corrected chi connectivity index (χ0v) is 17.0. The van der Waals surface area contributed by atoms with Crippen molar-refractivity contribution in [1.29, 1.82) is 0 Å². The van der Waals surface area contributed by atoms with E-state index >= 15 is 0 Å². The predicted octanol–water partition coefficient (Wildman–Crippen LogP) is 2.56. The predicted molar refractivity (Wildman–Crippen MR) is 110 cm³/mol. The number of nitrogens with zero attached hydrogens (tertiary/aromatic N) is 1. The van der Waals surface area contributed by atoms with Crippen molar-refractivity contribution in [3.8, 4) is 0 Å². The Morgan fingerprint density at radius 3 is 2.38 bits per heavy atom. The van der Waals surface area contributed by atoms with Gasteiger partial charge < -0.3 is 20.1 Å². The molecule has 0 spiro atoms. The molecule has 1 aliphatic rings. The summed E-state index contributed by atoms with van der Waals surface area (Å²) >= 11 is 0. The lowest BCUT2D eigenvalue weighted by molar-refractivity contribution is -0.162. The number of benzene rings is 2. The SMILES string of the molecule is CC(C)c1ccc(C(O)CNC(=O)C2OCC(=O)N(C)C2c2ccccc2)cc1. The zero-order valence-electron chi connectivity index (χ0n) is 17.0. The summed E-state index contributed by atoms with van der Waals surface area (Å²) in [5.41, 5.74) is 2.76. The van der Waals surface area contributed by atoms with Gasteiger partial charge in [0.1, 0.15) is 6.61 Å². The van der Waals surface area contributed by atoms with Crippen molar-refractivity contribution in [2.75, 3.05) is 20.2 Å². The molecule has 2 N–H and O–H groups in total. The van der Waals surface area contributed by atoms with Crippen LogP contribution in [0.1, 0.15) is 48.6 Å². The largest absolute Gasteiger partial charge is 0.387 e. The number of amides is 2. The lowest BCUT2D eigenvalue weighted by Crippen LogP contribution is -2.53. The van der Waals surface area contributed by atoms with Crippen LogP contribution in [0.2, 0.25) is 0 Å². The average Bonchev–Trinajstić information content (AvgIpc) is 2.74. The van der Waals surface area contributed by atoms with Crippen LogP contribution in [0.5, 0.6) is 0 Å². The molecule has 154 valence electrons. The molecule has 1 fully saturated rings. The Hall–Kier alpha value is -2.70. The molecule has 6 heteroatoms. The van der Waals surface area contributed by atoms with E-state index < -0.39 is 18.2 Å². The third-order valence-corrected chi connectivity index (χ3v) is 5.34. The number of ether oxygens (including phenoxy) is 1. The highest BCUT2D eigenvalue weighted by molar-refractivity contribution is 5.86. The Kier molecular flexibility index (Phi) is 6.67. The number of carbonyl (C=O) groups is 2. The third-order valence-electron chi connectivity index (χ3n) is 5.34. The first-order chi connectivity index (χ1) is 13.9. The van der Waals surface area contributed by atoms with E-state index in [4.69, 9.17) is 4.74 Å². The Balaban J connectivity index is 1.67. The summed E-state index contributed by atoms with van der Waals surface area (Å²) < 4.78 is 5.58. The Morgan fingerprint density at radius 2 is 1.76 bits per heavy atom. The van der Waals surface area contributed by atoms with Crippen molar-refractivity contribution in [2.45, 2.75) is 38.0 Å². The molecule has 1 heterocycles. The van der Waals surface area contributed by atoms with Gasteiger partial charge >= 0.3 is 0 Å². The topological polar surface area (TPSA) is 78.9 Å². The van der Waals surface area contributed by atoms with Gasteiger partial charge in [-0.1, -0.05) is 68.4 Å². The van der Waals surface area contributed by atoms with E-state index in [2.05, 4.69) is 19.2 Å². The van der Waals surface area contributed by atoms with E-state index in [-0.39, 0.29) is 25.0 Å². The molecule has 29 heavy (non-hydrogen) atoms. The fourth-order valence-electron chi connectivity index (χ4n) is 3.50. The van der Waals surface area contributed by atoms with E-state index in [1.807, 2.05) is 54.6 Å².